The molecule has 0 aliphatic carbocycles. The van der Waals surface area contributed by atoms with Crippen LogP contribution < -0.4 is 9.46 Å². The molecule has 0 fully saturated rings. The van der Waals surface area contributed by atoms with Crippen LogP contribution in [-0.4, -0.2) is 40.7 Å². The Bertz CT molecular complexity index is 1300. The first kappa shape index (κ1) is 22.1. The smallest absolute Gasteiger partial charge is 0.261 e. The predicted octanol–water partition coefficient (Wildman–Crippen LogP) is 3.72. The third-order valence-electron chi connectivity index (χ3n) is 4.65. The molecule has 0 aliphatic rings. The second-order valence-corrected chi connectivity index (χ2v) is 9.51. The average molecular weight is 475 g/mol. The Morgan fingerprint density at radius 3 is 2.75 bits per heavy atom. The maximum atomic E-state index is 12.8. The van der Waals surface area contributed by atoms with Crippen molar-refractivity contribution in [1.82, 2.24) is 25.2 Å². The molecule has 4 rings (SSSR count). The number of benzene rings is 2. The quantitative estimate of drug-likeness (QED) is 0.342. The van der Waals surface area contributed by atoms with Gasteiger partial charge in [-0.15, -0.1) is 5.10 Å². The van der Waals surface area contributed by atoms with Gasteiger partial charge >= 0.3 is 0 Å². The summed E-state index contributed by atoms with van der Waals surface area (Å²) in [4.78, 5) is 4.51. The molecule has 168 valence electrons. The molecular formula is C20H22N6O4S2. The summed E-state index contributed by atoms with van der Waals surface area (Å²) >= 11 is 1.35. The van der Waals surface area contributed by atoms with Crippen LogP contribution >= 0.6 is 11.8 Å². The summed E-state index contributed by atoms with van der Waals surface area (Å²) < 4.78 is 40.7. The normalized spacial score (nSPS) is 11.7. The number of aryl methyl sites for hydroxylation is 1. The van der Waals surface area contributed by atoms with Gasteiger partial charge in [0, 0.05) is 12.2 Å². The third-order valence-corrected chi connectivity index (χ3v) is 6.85. The predicted molar refractivity (Wildman–Crippen MR) is 120 cm³/mol. The average Bonchev–Trinajstić information content (AvgIpc) is 3.42. The molecule has 12 heteroatoms. The van der Waals surface area contributed by atoms with Crippen LogP contribution in [0.15, 0.2) is 57.0 Å². The largest absolute Gasteiger partial charge is 0.497 e. The number of nitrogens with one attached hydrogen (secondary N) is 1. The molecule has 0 unspecified atom stereocenters. The second-order valence-electron chi connectivity index (χ2n) is 6.90. The first-order chi connectivity index (χ1) is 15.5. The first-order valence-corrected chi connectivity index (χ1v) is 12.4. The lowest BCUT2D eigenvalue weighted by atomic mass is 10.3. The summed E-state index contributed by atoms with van der Waals surface area (Å²) in [5.74, 6) is 1.87. The molecule has 0 saturated heterocycles. The van der Waals surface area contributed by atoms with E-state index >= 15 is 0 Å². The van der Waals surface area contributed by atoms with Gasteiger partial charge in [-0.2, -0.15) is 0 Å². The van der Waals surface area contributed by atoms with Crippen LogP contribution in [0.5, 0.6) is 5.75 Å². The van der Waals surface area contributed by atoms with Gasteiger partial charge in [-0.3, -0.25) is 4.72 Å². The van der Waals surface area contributed by atoms with Crippen molar-refractivity contribution in [3.05, 3.63) is 48.3 Å². The van der Waals surface area contributed by atoms with Gasteiger partial charge in [-0.25, -0.2) is 18.1 Å². The number of hydrogen-bond donors (Lipinski definition) is 1. The molecule has 0 spiro atoms. The Morgan fingerprint density at radius 1 is 1.19 bits per heavy atom. The Morgan fingerprint density at radius 2 is 2.00 bits per heavy atom. The first-order valence-electron chi connectivity index (χ1n) is 9.94. The zero-order valence-corrected chi connectivity index (χ0v) is 19.2. The van der Waals surface area contributed by atoms with Crippen molar-refractivity contribution in [1.29, 1.82) is 0 Å². The molecule has 4 aromatic rings. The maximum absolute atomic E-state index is 12.8. The van der Waals surface area contributed by atoms with Crippen LogP contribution in [-0.2, 0) is 22.3 Å². The lowest BCUT2D eigenvalue weighted by Gasteiger charge is -2.08. The van der Waals surface area contributed by atoms with Crippen molar-refractivity contribution >= 4 is 38.6 Å². The molecule has 2 aromatic heterocycles. The van der Waals surface area contributed by atoms with Crippen LogP contribution in [0.1, 0.15) is 25.6 Å². The van der Waals surface area contributed by atoms with E-state index in [9.17, 15) is 8.42 Å². The fourth-order valence-corrected chi connectivity index (χ4v) is 4.77. The fourth-order valence-electron chi connectivity index (χ4n) is 2.92. The van der Waals surface area contributed by atoms with Crippen molar-refractivity contribution < 1.29 is 17.6 Å². The molecule has 2 heterocycles. The van der Waals surface area contributed by atoms with Gasteiger partial charge < -0.3 is 9.15 Å². The van der Waals surface area contributed by atoms with Crippen molar-refractivity contribution in [3.8, 4) is 5.75 Å². The van der Waals surface area contributed by atoms with Crippen LogP contribution in [0.4, 0.5) is 5.69 Å². The molecule has 0 saturated carbocycles. The summed E-state index contributed by atoms with van der Waals surface area (Å²) in [5.41, 5.74) is 1.39. The van der Waals surface area contributed by atoms with E-state index in [1.165, 1.54) is 23.9 Å². The van der Waals surface area contributed by atoms with Crippen LogP contribution in [0.25, 0.3) is 11.1 Å². The lowest BCUT2D eigenvalue weighted by molar-refractivity contribution is 0.415. The number of thioether (sulfide) groups is 1. The van der Waals surface area contributed by atoms with E-state index in [-0.39, 0.29) is 4.90 Å². The van der Waals surface area contributed by atoms with Gasteiger partial charge in [0.15, 0.2) is 11.4 Å². The van der Waals surface area contributed by atoms with Crippen molar-refractivity contribution in [3.63, 3.8) is 0 Å². The summed E-state index contributed by atoms with van der Waals surface area (Å²) in [6.07, 6.45) is 2.05. The molecule has 0 bridgehead atoms. The highest BCUT2D eigenvalue weighted by atomic mass is 32.2. The Kier molecular flexibility index (Phi) is 6.61. The standard InChI is InChI=1S/C20H22N6O4S2/c1-3-4-11-26-19(22-24-25-26)13-31-20-21-17-12-16(9-10-18(17)30-20)32(27,28)23-14-5-7-15(29-2)8-6-14/h5-10,12,23H,3-4,11,13H2,1-2H3. The van der Waals surface area contributed by atoms with Crippen molar-refractivity contribution in [2.75, 3.05) is 11.8 Å². The second kappa shape index (κ2) is 9.57. The molecule has 2 aromatic carbocycles. The molecule has 0 aliphatic heterocycles. The maximum Gasteiger partial charge on any atom is 0.261 e. The topological polar surface area (TPSA) is 125 Å². The fraction of sp³-hybridized carbons (Fsp3) is 0.300. The molecule has 0 atom stereocenters. The minimum Gasteiger partial charge on any atom is -0.497 e. The van der Waals surface area contributed by atoms with Gasteiger partial charge in [0.2, 0.25) is 0 Å². The number of tetrazole rings is 1. The summed E-state index contributed by atoms with van der Waals surface area (Å²) in [6, 6.07) is 11.2. The highest BCUT2D eigenvalue weighted by Gasteiger charge is 2.17. The van der Waals surface area contributed by atoms with E-state index in [4.69, 9.17) is 9.15 Å². The number of aromatic nitrogens is 5. The monoisotopic (exact) mass is 474 g/mol. The molecule has 32 heavy (non-hydrogen) atoms. The van der Waals surface area contributed by atoms with Gasteiger partial charge in [0.05, 0.1) is 17.8 Å². The van der Waals surface area contributed by atoms with Gasteiger partial charge in [0.25, 0.3) is 15.2 Å². The zero-order chi connectivity index (χ0) is 22.6. The summed E-state index contributed by atoms with van der Waals surface area (Å²) in [5, 5.41) is 12.2. The molecule has 10 nitrogen and oxygen atoms in total. The number of unbranched alkanes of at least 4 members (excludes halogenated alkanes) is 1. The molecule has 0 amide bonds. The Balaban J connectivity index is 1.48. The number of nitrogens with zero attached hydrogens (tertiary/aromatic N) is 5. The highest BCUT2D eigenvalue weighted by molar-refractivity contribution is 7.98. The van der Waals surface area contributed by atoms with E-state index in [0.29, 0.717) is 33.5 Å². The SMILES string of the molecule is CCCCn1nnnc1CSc1nc2cc(S(=O)(=O)Nc3ccc(OC)cc3)ccc2o1. The lowest BCUT2D eigenvalue weighted by Crippen LogP contribution is -2.12. The van der Waals surface area contributed by atoms with E-state index in [0.717, 1.165) is 25.2 Å². The van der Waals surface area contributed by atoms with Gasteiger partial charge in [0.1, 0.15) is 11.3 Å². The third kappa shape index (κ3) is 5.02. The van der Waals surface area contributed by atoms with E-state index < -0.39 is 10.0 Å². The minimum absolute atomic E-state index is 0.0918. The number of anilines is 1. The molecule has 1 N–H and O–H groups in total. The van der Waals surface area contributed by atoms with E-state index in [1.807, 2.05) is 0 Å². The highest BCUT2D eigenvalue weighted by Crippen LogP contribution is 2.28. The zero-order valence-electron chi connectivity index (χ0n) is 17.6. The molecular weight excluding hydrogens is 452 g/mol. The minimum atomic E-state index is -3.79. The number of sulfonamides is 1. The van der Waals surface area contributed by atoms with Gasteiger partial charge in [-0.1, -0.05) is 25.1 Å². The number of ether oxygens (including phenoxy) is 1. The van der Waals surface area contributed by atoms with E-state index in [2.05, 4.69) is 32.2 Å². The summed E-state index contributed by atoms with van der Waals surface area (Å²) in [6.45, 7) is 2.87. The number of methoxy groups -OCH3 is 1. The Hall–Kier alpha value is -3.12. The van der Waals surface area contributed by atoms with Crippen LogP contribution in [0.3, 0.4) is 0 Å². The van der Waals surface area contributed by atoms with Crippen molar-refractivity contribution in [2.45, 2.75) is 42.2 Å². The number of hydrogen-bond acceptors (Lipinski definition) is 9. The Labute approximate surface area is 189 Å². The van der Waals surface area contributed by atoms with Crippen molar-refractivity contribution in [2.24, 2.45) is 0 Å². The number of rotatable bonds is 10. The number of fused-ring (bicyclic) bond motifs is 1. The van der Waals surface area contributed by atoms with Crippen LogP contribution in [0.2, 0.25) is 0 Å². The van der Waals surface area contributed by atoms with Crippen LogP contribution in [0, 0.1) is 0 Å². The van der Waals surface area contributed by atoms with Gasteiger partial charge in [-0.05, 0) is 59.3 Å². The summed E-state index contributed by atoms with van der Waals surface area (Å²) in [7, 11) is -2.24. The molecule has 0 radical (unpaired) electrons. The van der Waals surface area contributed by atoms with E-state index in [1.54, 1.807) is 42.1 Å². The number of oxazole rings is 1.